The van der Waals surface area contributed by atoms with Gasteiger partial charge in [-0.25, -0.2) is 14.5 Å². The monoisotopic (exact) mass is 548 g/mol. The maximum absolute atomic E-state index is 14.0. The Balaban J connectivity index is 3.78. The number of nitrogens with two attached hydrogens (primary N) is 1. The van der Waals surface area contributed by atoms with Crippen molar-refractivity contribution in [3.8, 4) is 0 Å². The molecule has 0 saturated heterocycles. The number of amides is 5. The molecule has 0 bridgehead atoms. The first-order valence-corrected chi connectivity index (χ1v) is 13.2. The van der Waals surface area contributed by atoms with E-state index in [9.17, 15) is 38.8 Å². The first kappa shape index (κ1) is 35.2. The summed E-state index contributed by atoms with van der Waals surface area (Å²) in [6, 6.07) is 0. The molecule has 13 nitrogen and oxygen atoms in total. The molecule has 14 heteroatoms. The Morgan fingerprint density at radius 2 is 1.26 bits per heavy atom. The van der Waals surface area contributed by atoms with E-state index in [0.29, 0.717) is 48.9 Å². The van der Waals surface area contributed by atoms with Gasteiger partial charge in [-0.1, -0.05) is 6.42 Å². The van der Waals surface area contributed by atoms with Crippen LogP contribution in [-0.2, 0) is 24.0 Å². The summed E-state index contributed by atoms with van der Waals surface area (Å²) in [5.41, 5.74) is 5.38. The topological polar surface area (TPSA) is 194 Å². The van der Waals surface area contributed by atoms with Crippen LogP contribution in [0.15, 0.2) is 0 Å². The highest BCUT2D eigenvalue weighted by molar-refractivity contribution is 5.84. The average Bonchev–Trinajstić information content (AvgIpc) is 2.88. The molecule has 0 aromatic heterocycles. The lowest BCUT2D eigenvalue weighted by molar-refractivity contribution is -0.166. The van der Waals surface area contributed by atoms with Crippen molar-refractivity contribution < 1.29 is 38.8 Å². The number of hydrogen-bond acceptors (Lipinski definition) is 8. The SMILES string of the molecule is CC(=O)N(O)CCCCCNC(=O)CCC(=O)NCCC(F)CNC(=O)CCC(=O)N(O)CCCCCN. The summed E-state index contributed by atoms with van der Waals surface area (Å²) in [5, 5.41) is 27.7. The molecule has 5 amide bonds. The van der Waals surface area contributed by atoms with E-state index in [2.05, 4.69) is 16.0 Å². The molecular weight excluding hydrogens is 503 g/mol. The van der Waals surface area contributed by atoms with Crippen LogP contribution in [0.5, 0.6) is 0 Å². The summed E-state index contributed by atoms with van der Waals surface area (Å²) in [6.45, 7) is 2.40. The number of nitrogens with zero attached hydrogens (tertiary/aromatic N) is 2. The molecule has 0 heterocycles. The lowest BCUT2D eigenvalue weighted by atomic mass is 10.2. The maximum atomic E-state index is 14.0. The van der Waals surface area contributed by atoms with Crippen molar-refractivity contribution in [2.45, 2.75) is 83.7 Å². The molecule has 0 radical (unpaired) electrons. The van der Waals surface area contributed by atoms with Crippen molar-refractivity contribution in [1.29, 1.82) is 0 Å². The molecule has 7 N–H and O–H groups in total. The van der Waals surface area contributed by atoms with Gasteiger partial charge in [0, 0.05) is 65.3 Å². The predicted molar refractivity (Wildman–Crippen MR) is 136 cm³/mol. The van der Waals surface area contributed by atoms with Gasteiger partial charge in [-0.3, -0.25) is 34.4 Å². The maximum Gasteiger partial charge on any atom is 0.246 e. The van der Waals surface area contributed by atoms with Gasteiger partial charge in [-0.15, -0.1) is 0 Å². The fourth-order valence-electron chi connectivity index (χ4n) is 3.19. The van der Waals surface area contributed by atoms with Crippen molar-refractivity contribution in [3.05, 3.63) is 0 Å². The second kappa shape index (κ2) is 22.2. The molecular formula is C24H45FN6O7. The summed E-state index contributed by atoms with van der Waals surface area (Å²) in [7, 11) is 0. The van der Waals surface area contributed by atoms with E-state index >= 15 is 0 Å². The van der Waals surface area contributed by atoms with Crippen molar-refractivity contribution in [2.75, 3.05) is 39.3 Å². The molecule has 1 atom stereocenters. The summed E-state index contributed by atoms with van der Waals surface area (Å²) < 4.78 is 14.0. The van der Waals surface area contributed by atoms with Crippen LogP contribution >= 0.6 is 0 Å². The number of unbranched alkanes of at least 4 members (excludes halogenated alkanes) is 4. The summed E-state index contributed by atoms with van der Waals surface area (Å²) in [4.78, 5) is 58.1. The van der Waals surface area contributed by atoms with Gasteiger partial charge in [0.25, 0.3) is 0 Å². The van der Waals surface area contributed by atoms with Gasteiger partial charge in [-0.05, 0) is 45.1 Å². The number of carbonyl (C=O) groups excluding carboxylic acids is 5. The fraction of sp³-hybridized carbons (Fsp3) is 0.792. The second-order valence-electron chi connectivity index (χ2n) is 8.96. The van der Waals surface area contributed by atoms with Gasteiger partial charge in [0.05, 0.1) is 0 Å². The van der Waals surface area contributed by atoms with Gasteiger partial charge in [0.15, 0.2) is 0 Å². The minimum atomic E-state index is -1.40. The molecule has 0 aliphatic carbocycles. The van der Waals surface area contributed by atoms with Crippen LogP contribution in [0.4, 0.5) is 4.39 Å². The largest absolute Gasteiger partial charge is 0.356 e. The van der Waals surface area contributed by atoms with Crippen LogP contribution in [-0.4, -0.2) is 95.5 Å². The number of alkyl halides is 1. The minimum absolute atomic E-state index is 0.00656. The molecule has 0 aromatic rings. The summed E-state index contributed by atoms with van der Waals surface area (Å²) in [6.07, 6.45) is 2.34. The first-order valence-electron chi connectivity index (χ1n) is 13.2. The molecule has 0 rings (SSSR count). The van der Waals surface area contributed by atoms with Crippen LogP contribution in [0, 0.1) is 0 Å². The summed E-state index contributed by atoms with van der Waals surface area (Å²) in [5.74, 6) is -2.20. The van der Waals surface area contributed by atoms with Crippen LogP contribution in [0.2, 0.25) is 0 Å². The Bertz CT molecular complexity index is 728. The third-order valence-electron chi connectivity index (χ3n) is 5.54. The van der Waals surface area contributed by atoms with Crippen LogP contribution in [0.3, 0.4) is 0 Å². The van der Waals surface area contributed by atoms with E-state index in [1.807, 2.05) is 0 Å². The molecule has 220 valence electrons. The normalized spacial score (nSPS) is 11.4. The molecule has 0 spiro atoms. The number of halogens is 1. The van der Waals surface area contributed by atoms with Gasteiger partial charge in [0.1, 0.15) is 6.17 Å². The number of carbonyl (C=O) groups is 5. The van der Waals surface area contributed by atoms with Gasteiger partial charge >= 0.3 is 0 Å². The average molecular weight is 549 g/mol. The van der Waals surface area contributed by atoms with E-state index in [1.165, 1.54) is 6.92 Å². The number of hydrogen-bond donors (Lipinski definition) is 6. The van der Waals surface area contributed by atoms with E-state index < -0.39 is 29.8 Å². The molecule has 38 heavy (non-hydrogen) atoms. The lowest BCUT2D eigenvalue weighted by Crippen LogP contribution is -2.34. The smallest absolute Gasteiger partial charge is 0.246 e. The zero-order valence-electron chi connectivity index (χ0n) is 22.4. The quantitative estimate of drug-likeness (QED) is 0.0634. The Morgan fingerprint density at radius 3 is 1.87 bits per heavy atom. The molecule has 0 aromatic carbocycles. The standard InChI is InChI=1S/C24H45FN6O7/c1-19(32)30(37)16-7-3-5-14-27-21(33)8-9-22(34)28-15-12-20(25)18-29-23(35)10-11-24(36)31(38)17-6-2-4-13-26/h20,37-38H,2-18,26H2,1H3,(H,27,33)(H,28,34)(H,29,35). The van der Waals surface area contributed by atoms with Crippen LogP contribution in [0.1, 0.15) is 77.6 Å². The van der Waals surface area contributed by atoms with Crippen molar-refractivity contribution in [1.82, 2.24) is 26.1 Å². The number of rotatable bonds is 22. The van der Waals surface area contributed by atoms with Crippen LogP contribution in [0.25, 0.3) is 0 Å². The third kappa shape index (κ3) is 20.2. The van der Waals surface area contributed by atoms with Gasteiger partial charge in [0.2, 0.25) is 29.5 Å². The molecule has 1 unspecified atom stereocenters. The lowest BCUT2D eigenvalue weighted by Gasteiger charge is -2.15. The van der Waals surface area contributed by atoms with E-state index in [4.69, 9.17) is 5.73 Å². The zero-order chi connectivity index (χ0) is 28.8. The highest BCUT2D eigenvalue weighted by Gasteiger charge is 2.15. The highest BCUT2D eigenvalue weighted by atomic mass is 19.1. The molecule has 0 fully saturated rings. The third-order valence-corrected chi connectivity index (χ3v) is 5.54. The zero-order valence-corrected chi connectivity index (χ0v) is 22.4. The predicted octanol–water partition coefficient (Wildman–Crippen LogP) is 0.378. The first-order chi connectivity index (χ1) is 18.1. The Morgan fingerprint density at radius 1 is 0.737 bits per heavy atom. The minimum Gasteiger partial charge on any atom is -0.356 e. The molecule has 0 aliphatic heterocycles. The molecule has 0 aliphatic rings. The second-order valence-corrected chi connectivity index (χ2v) is 8.96. The van der Waals surface area contributed by atoms with Gasteiger partial charge in [-0.2, -0.15) is 0 Å². The van der Waals surface area contributed by atoms with Crippen molar-refractivity contribution in [3.63, 3.8) is 0 Å². The van der Waals surface area contributed by atoms with Crippen molar-refractivity contribution in [2.24, 2.45) is 5.73 Å². The Hall–Kier alpha value is -2.84. The highest BCUT2D eigenvalue weighted by Crippen LogP contribution is 2.02. The van der Waals surface area contributed by atoms with Crippen LogP contribution < -0.4 is 21.7 Å². The Labute approximate surface area is 223 Å². The van der Waals surface area contributed by atoms with E-state index in [-0.39, 0.29) is 64.2 Å². The number of hydroxylamine groups is 4. The van der Waals surface area contributed by atoms with Gasteiger partial charge < -0.3 is 21.7 Å². The van der Waals surface area contributed by atoms with E-state index in [0.717, 1.165) is 12.8 Å². The number of nitrogens with one attached hydrogen (secondary N) is 3. The van der Waals surface area contributed by atoms with Crippen molar-refractivity contribution >= 4 is 29.5 Å². The Kier molecular flexibility index (Phi) is 20.5. The fourth-order valence-corrected chi connectivity index (χ4v) is 3.19. The van der Waals surface area contributed by atoms with E-state index in [1.54, 1.807) is 0 Å². The summed E-state index contributed by atoms with van der Waals surface area (Å²) >= 11 is 0. The molecule has 0 saturated carbocycles.